The quantitative estimate of drug-likeness (QED) is 0.602. The van der Waals surface area contributed by atoms with E-state index in [9.17, 15) is 9.18 Å². The molecule has 152 valence electrons. The number of primary amides is 1. The summed E-state index contributed by atoms with van der Waals surface area (Å²) >= 11 is 6.05. The third-order valence-corrected chi connectivity index (χ3v) is 5.41. The van der Waals surface area contributed by atoms with Crippen LogP contribution in [-0.2, 0) is 0 Å². The fourth-order valence-corrected chi connectivity index (χ4v) is 3.77. The lowest BCUT2D eigenvalue weighted by Crippen LogP contribution is -2.36. The van der Waals surface area contributed by atoms with Crippen molar-refractivity contribution in [3.05, 3.63) is 35.5 Å². The zero-order chi connectivity index (χ0) is 20.4. The highest BCUT2D eigenvalue weighted by atomic mass is 35.5. The Bertz CT molecular complexity index is 1040. The Kier molecular flexibility index (Phi) is 5.48. The van der Waals surface area contributed by atoms with Gasteiger partial charge in [-0.25, -0.2) is 24.1 Å². The normalized spacial score (nSPS) is 17.3. The molecule has 3 aromatic rings. The number of fused-ring (bicyclic) bond motifs is 1. The molecule has 3 aromatic heterocycles. The molecule has 8 nitrogen and oxygen atoms in total. The number of amides is 2. The molecule has 0 spiro atoms. The second-order valence-electron chi connectivity index (χ2n) is 7.15. The van der Waals surface area contributed by atoms with Crippen molar-refractivity contribution in [2.24, 2.45) is 11.7 Å². The second-order valence-corrected chi connectivity index (χ2v) is 7.58. The third-order valence-electron chi connectivity index (χ3n) is 5.20. The molecule has 4 heterocycles. The molecule has 0 bridgehead atoms. The Balaban J connectivity index is 1.50. The van der Waals surface area contributed by atoms with Gasteiger partial charge in [0.1, 0.15) is 5.65 Å². The molecule has 0 aromatic carbocycles. The first-order chi connectivity index (χ1) is 14.0. The number of halogens is 2. The highest BCUT2D eigenvalue weighted by molar-refractivity contribution is 6.31. The van der Waals surface area contributed by atoms with E-state index in [1.54, 1.807) is 23.4 Å². The van der Waals surface area contributed by atoms with Gasteiger partial charge < -0.3 is 20.9 Å². The first-order valence-electron chi connectivity index (χ1n) is 9.45. The van der Waals surface area contributed by atoms with Crippen LogP contribution in [0.3, 0.4) is 0 Å². The minimum absolute atomic E-state index is 0.148. The smallest absolute Gasteiger partial charge is 0.314 e. The number of nitrogens with one attached hydrogen (secondary N) is 2. The highest BCUT2D eigenvalue weighted by Crippen LogP contribution is 2.28. The number of aromatic nitrogens is 4. The maximum atomic E-state index is 14.3. The molecule has 2 amide bonds. The van der Waals surface area contributed by atoms with Gasteiger partial charge in [-0.3, -0.25) is 0 Å². The number of H-pyrrole nitrogens is 1. The van der Waals surface area contributed by atoms with Crippen LogP contribution in [0, 0.1) is 11.7 Å². The molecule has 29 heavy (non-hydrogen) atoms. The van der Waals surface area contributed by atoms with Crippen LogP contribution in [0.15, 0.2) is 24.7 Å². The monoisotopic (exact) mass is 417 g/mol. The molecule has 0 saturated carbocycles. The molecular weight excluding hydrogens is 397 g/mol. The minimum Gasteiger partial charge on any atom is -0.367 e. The van der Waals surface area contributed by atoms with E-state index in [1.807, 2.05) is 0 Å². The largest absolute Gasteiger partial charge is 0.367 e. The summed E-state index contributed by atoms with van der Waals surface area (Å²) in [5.74, 6) is 0.311. The number of rotatable bonds is 4. The number of likely N-dealkylation sites (tertiary alicyclic amines) is 1. The van der Waals surface area contributed by atoms with E-state index in [0.717, 1.165) is 30.8 Å². The predicted octanol–water partition coefficient (Wildman–Crippen LogP) is 3.41. The first kappa shape index (κ1) is 19.4. The Hall–Kier alpha value is -2.94. The Labute approximate surface area is 171 Å². The zero-order valence-corrected chi connectivity index (χ0v) is 16.4. The van der Waals surface area contributed by atoms with Gasteiger partial charge in [0.15, 0.2) is 17.5 Å². The van der Waals surface area contributed by atoms with Crippen LogP contribution in [0.25, 0.3) is 22.4 Å². The summed E-state index contributed by atoms with van der Waals surface area (Å²) in [6.45, 7) is 1.83. The predicted molar refractivity (Wildman–Crippen MR) is 109 cm³/mol. The molecule has 0 radical (unpaired) electrons. The number of nitrogens with two attached hydrogens (primary N) is 1. The van der Waals surface area contributed by atoms with Crippen molar-refractivity contribution in [2.75, 3.05) is 25.0 Å². The molecule has 1 unspecified atom stereocenters. The molecular formula is C19H21ClFN7O. The van der Waals surface area contributed by atoms with Crippen LogP contribution in [0.2, 0.25) is 5.02 Å². The van der Waals surface area contributed by atoms with Gasteiger partial charge in [-0.2, -0.15) is 0 Å². The number of carbonyl (C=O) groups excluding carboxylic acids is 1. The number of hydrogen-bond acceptors (Lipinski definition) is 5. The molecule has 4 rings (SSSR count). The lowest BCUT2D eigenvalue weighted by Gasteiger charge is -2.18. The summed E-state index contributed by atoms with van der Waals surface area (Å²) in [4.78, 5) is 28.8. The summed E-state index contributed by atoms with van der Waals surface area (Å²) < 4.78 is 14.3. The molecule has 4 N–H and O–H groups in total. The average Bonchev–Trinajstić information content (AvgIpc) is 2.96. The number of aromatic amines is 1. The van der Waals surface area contributed by atoms with Crippen LogP contribution in [0.5, 0.6) is 0 Å². The third kappa shape index (κ3) is 4.24. The molecule has 1 saturated heterocycles. The number of hydrogen-bond donors (Lipinski definition) is 3. The minimum atomic E-state index is -0.517. The second kappa shape index (κ2) is 8.20. The van der Waals surface area contributed by atoms with Gasteiger partial charge in [-0.15, -0.1) is 0 Å². The van der Waals surface area contributed by atoms with Gasteiger partial charge in [0.2, 0.25) is 0 Å². The van der Waals surface area contributed by atoms with E-state index in [-0.39, 0.29) is 5.82 Å². The van der Waals surface area contributed by atoms with Gasteiger partial charge in [-0.05, 0) is 31.2 Å². The van der Waals surface area contributed by atoms with Crippen molar-refractivity contribution in [3.8, 4) is 11.4 Å². The van der Waals surface area contributed by atoms with E-state index in [2.05, 4.69) is 25.3 Å². The molecule has 0 aliphatic carbocycles. The molecule has 1 fully saturated rings. The van der Waals surface area contributed by atoms with Crippen molar-refractivity contribution in [1.82, 2.24) is 24.8 Å². The Morgan fingerprint density at radius 3 is 3.03 bits per heavy atom. The van der Waals surface area contributed by atoms with E-state index < -0.39 is 11.8 Å². The SMILES string of the molecule is NC(=O)N1CCCC(CNc2nc(-c3c[nH]c4ncc(Cl)cc34)ncc2F)CC1. The zero-order valence-electron chi connectivity index (χ0n) is 15.7. The summed E-state index contributed by atoms with van der Waals surface area (Å²) in [6.07, 6.45) is 7.05. The van der Waals surface area contributed by atoms with E-state index in [4.69, 9.17) is 17.3 Å². The van der Waals surface area contributed by atoms with Crippen molar-refractivity contribution in [1.29, 1.82) is 0 Å². The maximum absolute atomic E-state index is 14.3. The fourth-order valence-electron chi connectivity index (χ4n) is 3.61. The topological polar surface area (TPSA) is 113 Å². The van der Waals surface area contributed by atoms with E-state index in [1.165, 1.54) is 0 Å². The average molecular weight is 418 g/mol. The van der Waals surface area contributed by atoms with Crippen molar-refractivity contribution >= 4 is 34.5 Å². The van der Waals surface area contributed by atoms with Gasteiger partial charge >= 0.3 is 6.03 Å². The number of urea groups is 1. The molecule has 1 aliphatic rings. The van der Waals surface area contributed by atoms with Gasteiger partial charge in [0.05, 0.1) is 11.2 Å². The van der Waals surface area contributed by atoms with E-state index >= 15 is 0 Å². The number of nitrogens with zero attached hydrogens (tertiary/aromatic N) is 4. The van der Waals surface area contributed by atoms with Crippen LogP contribution >= 0.6 is 11.6 Å². The van der Waals surface area contributed by atoms with Gasteiger partial charge in [-0.1, -0.05) is 11.6 Å². The van der Waals surface area contributed by atoms with E-state index in [0.29, 0.717) is 47.6 Å². The summed E-state index contributed by atoms with van der Waals surface area (Å²) in [5, 5.41) is 4.37. The lowest BCUT2D eigenvalue weighted by molar-refractivity contribution is 0.209. The Morgan fingerprint density at radius 2 is 2.21 bits per heavy atom. The van der Waals surface area contributed by atoms with Crippen molar-refractivity contribution < 1.29 is 9.18 Å². The lowest BCUT2D eigenvalue weighted by atomic mass is 10.0. The summed E-state index contributed by atoms with van der Waals surface area (Å²) in [7, 11) is 0. The van der Waals surface area contributed by atoms with Crippen molar-refractivity contribution in [3.63, 3.8) is 0 Å². The van der Waals surface area contributed by atoms with Crippen molar-refractivity contribution in [2.45, 2.75) is 19.3 Å². The number of carbonyl (C=O) groups is 1. The van der Waals surface area contributed by atoms with Gasteiger partial charge in [0, 0.05) is 43.0 Å². The molecule has 1 atom stereocenters. The molecule has 10 heteroatoms. The number of anilines is 1. The Morgan fingerprint density at radius 1 is 1.34 bits per heavy atom. The highest BCUT2D eigenvalue weighted by Gasteiger charge is 2.20. The standard InChI is InChI=1S/C19H21ClFN7O/c20-12-6-13-14(9-25-16(13)24-8-12)17-26-10-15(21)18(27-17)23-7-11-2-1-4-28(5-3-11)19(22)29/h6,8-11H,1-5,7H2,(H2,22,29)(H,24,25)(H,23,26,27). The maximum Gasteiger partial charge on any atom is 0.314 e. The number of pyridine rings is 1. The summed E-state index contributed by atoms with van der Waals surface area (Å²) in [5.41, 5.74) is 6.72. The van der Waals surface area contributed by atoms with Crippen LogP contribution in [0.1, 0.15) is 19.3 Å². The first-order valence-corrected chi connectivity index (χ1v) is 9.83. The van der Waals surface area contributed by atoms with Gasteiger partial charge in [0.25, 0.3) is 0 Å². The molecule has 1 aliphatic heterocycles. The van der Waals surface area contributed by atoms with Crippen LogP contribution < -0.4 is 11.1 Å². The van der Waals surface area contributed by atoms with Crippen LogP contribution in [-0.4, -0.2) is 50.5 Å². The summed E-state index contributed by atoms with van der Waals surface area (Å²) in [6, 6.07) is 1.38. The van der Waals surface area contributed by atoms with Crippen LogP contribution in [0.4, 0.5) is 15.0 Å². The fraction of sp³-hybridized carbons (Fsp3) is 0.368.